The highest BCUT2D eigenvalue weighted by Gasteiger charge is 2.10. The summed E-state index contributed by atoms with van der Waals surface area (Å²) in [5.74, 6) is 0.509. The number of aliphatic hydroxyl groups excluding tert-OH is 1. The minimum atomic E-state index is -0.605. The van der Waals surface area contributed by atoms with E-state index in [1.54, 1.807) is 18.2 Å². The van der Waals surface area contributed by atoms with E-state index in [1.807, 2.05) is 13.0 Å². The van der Waals surface area contributed by atoms with Crippen LogP contribution in [0.3, 0.4) is 0 Å². The van der Waals surface area contributed by atoms with Gasteiger partial charge in [0.05, 0.1) is 12.3 Å². The Morgan fingerprint density at radius 1 is 1.26 bits per heavy atom. The third-order valence-corrected chi connectivity index (χ3v) is 3.09. The molecule has 1 amide bonds. The predicted molar refractivity (Wildman–Crippen MR) is 91.0 cm³/mol. The number of anilines is 1. The van der Waals surface area contributed by atoms with Crippen molar-refractivity contribution in [3.63, 3.8) is 0 Å². The second kappa shape index (κ2) is 11.7. The van der Waals surface area contributed by atoms with Gasteiger partial charge in [0.25, 0.3) is 0 Å². The van der Waals surface area contributed by atoms with E-state index in [0.29, 0.717) is 24.6 Å². The van der Waals surface area contributed by atoms with Crippen LogP contribution in [0.15, 0.2) is 24.3 Å². The molecular weight excluding hydrogens is 296 g/mol. The number of ether oxygens (including phenoxy) is 2. The quantitative estimate of drug-likeness (QED) is 0.545. The molecule has 1 rings (SSSR count). The number of unbranched alkanes of at least 4 members (excludes halogenated alkanes) is 1. The van der Waals surface area contributed by atoms with Gasteiger partial charge in [0, 0.05) is 6.54 Å². The van der Waals surface area contributed by atoms with Gasteiger partial charge < -0.3 is 19.9 Å². The van der Waals surface area contributed by atoms with Gasteiger partial charge >= 0.3 is 6.09 Å². The van der Waals surface area contributed by atoms with Crippen molar-refractivity contribution in [3.05, 3.63) is 24.3 Å². The average Bonchev–Trinajstić information content (AvgIpc) is 2.54. The standard InChI is InChI=1S/C17H28N2O4/c1-3-5-11-22-17(21)19-15-8-6-7-9-16(15)23-13-14(20)12-18-10-4-2/h6-9,14,18,20H,3-5,10-13H2,1-2H3,(H,19,21). The van der Waals surface area contributed by atoms with Gasteiger partial charge in [-0.3, -0.25) is 5.32 Å². The number of nitrogens with one attached hydrogen (secondary N) is 2. The zero-order chi connectivity index (χ0) is 16.9. The highest BCUT2D eigenvalue weighted by atomic mass is 16.5. The Morgan fingerprint density at radius 3 is 2.78 bits per heavy atom. The van der Waals surface area contributed by atoms with E-state index in [2.05, 4.69) is 17.6 Å². The van der Waals surface area contributed by atoms with E-state index in [4.69, 9.17) is 9.47 Å². The Kier molecular flexibility index (Phi) is 9.83. The second-order valence-electron chi connectivity index (χ2n) is 5.28. The molecule has 0 heterocycles. The summed E-state index contributed by atoms with van der Waals surface area (Å²) >= 11 is 0. The Bertz CT molecular complexity index is 454. The molecule has 0 saturated heterocycles. The summed E-state index contributed by atoms with van der Waals surface area (Å²) in [6.07, 6.45) is 1.71. The molecule has 6 heteroatoms. The number of aliphatic hydroxyl groups is 1. The molecule has 0 radical (unpaired) electrons. The lowest BCUT2D eigenvalue weighted by Gasteiger charge is -2.15. The molecule has 23 heavy (non-hydrogen) atoms. The molecular formula is C17H28N2O4. The zero-order valence-corrected chi connectivity index (χ0v) is 14.0. The maximum atomic E-state index is 11.7. The molecule has 3 N–H and O–H groups in total. The van der Waals surface area contributed by atoms with E-state index in [0.717, 1.165) is 25.8 Å². The minimum Gasteiger partial charge on any atom is -0.489 e. The number of carbonyl (C=O) groups is 1. The van der Waals surface area contributed by atoms with Crippen molar-refractivity contribution >= 4 is 11.8 Å². The average molecular weight is 324 g/mol. The van der Waals surface area contributed by atoms with Gasteiger partial charge in [-0.05, 0) is 31.5 Å². The van der Waals surface area contributed by atoms with Crippen LogP contribution in [0.1, 0.15) is 33.1 Å². The first-order chi connectivity index (χ1) is 11.2. The first-order valence-corrected chi connectivity index (χ1v) is 8.21. The van der Waals surface area contributed by atoms with Gasteiger partial charge in [0.15, 0.2) is 0 Å². The van der Waals surface area contributed by atoms with Crippen molar-refractivity contribution in [2.45, 2.75) is 39.2 Å². The maximum Gasteiger partial charge on any atom is 0.411 e. The number of benzene rings is 1. The summed E-state index contributed by atoms with van der Waals surface area (Å²) in [6.45, 7) is 5.98. The Labute approximate surface area is 138 Å². The minimum absolute atomic E-state index is 0.153. The Balaban J connectivity index is 2.45. The highest BCUT2D eigenvalue weighted by Crippen LogP contribution is 2.24. The number of rotatable bonds is 11. The molecule has 0 bridgehead atoms. The van der Waals surface area contributed by atoms with Gasteiger partial charge in [-0.2, -0.15) is 0 Å². The smallest absolute Gasteiger partial charge is 0.411 e. The Morgan fingerprint density at radius 2 is 2.04 bits per heavy atom. The molecule has 130 valence electrons. The van der Waals surface area contributed by atoms with Crippen molar-refractivity contribution < 1.29 is 19.4 Å². The fraction of sp³-hybridized carbons (Fsp3) is 0.588. The molecule has 1 unspecified atom stereocenters. The molecule has 0 fully saturated rings. The van der Waals surface area contributed by atoms with Crippen LogP contribution >= 0.6 is 0 Å². The van der Waals surface area contributed by atoms with Crippen LogP contribution in [0, 0.1) is 0 Å². The molecule has 0 aliphatic heterocycles. The lowest BCUT2D eigenvalue weighted by atomic mass is 10.3. The van der Waals surface area contributed by atoms with Crippen molar-refractivity contribution in [1.29, 1.82) is 0 Å². The van der Waals surface area contributed by atoms with Crippen molar-refractivity contribution in [2.75, 3.05) is 31.6 Å². The molecule has 1 aromatic rings. The van der Waals surface area contributed by atoms with E-state index < -0.39 is 12.2 Å². The number of hydrogen-bond acceptors (Lipinski definition) is 5. The lowest BCUT2D eigenvalue weighted by molar-refractivity contribution is 0.107. The third kappa shape index (κ3) is 8.42. The van der Waals surface area contributed by atoms with Gasteiger partial charge in [-0.25, -0.2) is 4.79 Å². The number of amides is 1. The summed E-state index contributed by atoms with van der Waals surface area (Å²) in [5, 5.41) is 15.6. The monoisotopic (exact) mass is 324 g/mol. The summed E-state index contributed by atoms with van der Waals surface area (Å²) in [7, 11) is 0. The van der Waals surface area contributed by atoms with Gasteiger partial charge in [-0.15, -0.1) is 0 Å². The SMILES string of the molecule is CCCCOC(=O)Nc1ccccc1OCC(O)CNCCC. The van der Waals surface area contributed by atoms with Crippen LogP contribution in [0.5, 0.6) is 5.75 Å². The molecule has 1 atom stereocenters. The van der Waals surface area contributed by atoms with Crippen LogP contribution in [0.25, 0.3) is 0 Å². The summed E-state index contributed by atoms with van der Waals surface area (Å²) in [5.41, 5.74) is 0.530. The van der Waals surface area contributed by atoms with Crippen LogP contribution in [-0.2, 0) is 4.74 Å². The van der Waals surface area contributed by atoms with Crippen LogP contribution in [0.4, 0.5) is 10.5 Å². The summed E-state index contributed by atoms with van der Waals surface area (Å²) in [4.78, 5) is 11.7. The van der Waals surface area contributed by atoms with Crippen molar-refractivity contribution in [3.8, 4) is 5.75 Å². The summed E-state index contributed by atoms with van der Waals surface area (Å²) in [6, 6.07) is 7.09. The van der Waals surface area contributed by atoms with Crippen LogP contribution in [0.2, 0.25) is 0 Å². The fourth-order valence-electron chi connectivity index (χ4n) is 1.84. The highest BCUT2D eigenvalue weighted by molar-refractivity contribution is 5.86. The second-order valence-corrected chi connectivity index (χ2v) is 5.28. The van der Waals surface area contributed by atoms with E-state index in [-0.39, 0.29) is 6.61 Å². The molecule has 6 nitrogen and oxygen atoms in total. The first kappa shape index (κ1) is 19.3. The molecule has 0 spiro atoms. The normalized spacial score (nSPS) is 11.8. The van der Waals surface area contributed by atoms with Crippen molar-refractivity contribution in [1.82, 2.24) is 5.32 Å². The number of para-hydroxylation sites is 2. The van der Waals surface area contributed by atoms with Crippen LogP contribution in [-0.4, -0.2) is 43.6 Å². The van der Waals surface area contributed by atoms with E-state index in [9.17, 15) is 9.90 Å². The van der Waals surface area contributed by atoms with E-state index in [1.165, 1.54) is 0 Å². The molecule has 0 aromatic heterocycles. The number of hydrogen-bond donors (Lipinski definition) is 3. The summed E-state index contributed by atoms with van der Waals surface area (Å²) < 4.78 is 10.7. The lowest BCUT2D eigenvalue weighted by Crippen LogP contribution is -2.31. The Hall–Kier alpha value is -1.79. The largest absolute Gasteiger partial charge is 0.489 e. The van der Waals surface area contributed by atoms with Crippen LogP contribution < -0.4 is 15.4 Å². The third-order valence-electron chi connectivity index (χ3n) is 3.09. The molecule has 1 aromatic carbocycles. The first-order valence-electron chi connectivity index (χ1n) is 8.21. The zero-order valence-electron chi connectivity index (χ0n) is 14.0. The number of carbonyl (C=O) groups excluding carboxylic acids is 1. The fourth-order valence-corrected chi connectivity index (χ4v) is 1.84. The maximum absolute atomic E-state index is 11.7. The molecule has 0 aliphatic rings. The van der Waals surface area contributed by atoms with E-state index >= 15 is 0 Å². The molecule has 0 saturated carbocycles. The molecule has 0 aliphatic carbocycles. The van der Waals surface area contributed by atoms with Gasteiger partial charge in [0.1, 0.15) is 18.5 Å². The van der Waals surface area contributed by atoms with Gasteiger partial charge in [-0.1, -0.05) is 32.4 Å². The topological polar surface area (TPSA) is 79.8 Å². The van der Waals surface area contributed by atoms with Gasteiger partial charge in [0.2, 0.25) is 0 Å². The van der Waals surface area contributed by atoms with Crippen molar-refractivity contribution in [2.24, 2.45) is 0 Å². The predicted octanol–water partition coefficient (Wildman–Crippen LogP) is 2.77.